The molecular formula is C18H17NO. The van der Waals surface area contributed by atoms with Gasteiger partial charge < -0.3 is 4.90 Å². The van der Waals surface area contributed by atoms with Crippen molar-refractivity contribution in [2.24, 2.45) is 0 Å². The number of rotatable bonds is 2. The van der Waals surface area contributed by atoms with E-state index in [-0.39, 0.29) is 5.91 Å². The fraction of sp³-hybridized carbons (Fsp3) is 0.167. The number of fused-ring (bicyclic) bond motifs is 1. The van der Waals surface area contributed by atoms with E-state index in [2.05, 4.69) is 18.2 Å². The number of allylic oxidation sites excluding steroid dienone is 1. The van der Waals surface area contributed by atoms with Gasteiger partial charge in [-0.15, -0.1) is 0 Å². The molecule has 0 saturated carbocycles. The maximum atomic E-state index is 12.6. The summed E-state index contributed by atoms with van der Waals surface area (Å²) in [5.74, 6) is 0.120. The van der Waals surface area contributed by atoms with Gasteiger partial charge in [0.1, 0.15) is 0 Å². The van der Waals surface area contributed by atoms with Gasteiger partial charge in [0, 0.05) is 18.7 Å². The molecule has 20 heavy (non-hydrogen) atoms. The first-order chi connectivity index (χ1) is 9.79. The van der Waals surface area contributed by atoms with Gasteiger partial charge in [0.15, 0.2) is 0 Å². The fourth-order valence-corrected chi connectivity index (χ4v) is 2.69. The first-order valence-electron chi connectivity index (χ1n) is 6.87. The summed E-state index contributed by atoms with van der Waals surface area (Å²) in [5, 5.41) is 0. The Kier molecular flexibility index (Phi) is 3.38. The zero-order valence-corrected chi connectivity index (χ0v) is 11.5. The Morgan fingerprint density at radius 2 is 1.75 bits per heavy atom. The van der Waals surface area contributed by atoms with Crippen LogP contribution in [0.3, 0.4) is 0 Å². The quantitative estimate of drug-likeness (QED) is 0.758. The summed E-state index contributed by atoms with van der Waals surface area (Å²) in [5.41, 5.74) is 4.26. The highest BCUT2D eigenvalue weighted by atomic mass is 16.2. The monoisotopic (exact) mass is 263 g/mol. The number of nitrogens with zero attached hydrogens (tertiary/aromatic N) is 1. The molecule has 3 rings (SSSR count). The Balaban J connectivity index is 1.94. The van der Waals surface area contributed by atoms with Crippen LogP contribution >= 0.6 is 0 Å². The van der Waals surface area contributed by atoms with Crippen LogP contribution in [-0.2, 0) is 17.9 Å². The summed E-state index contributed by atoms with van der Waals surface area (Å²) >= 11 is 0. The first kappa shape index (κ1) is 12.7. The molecule has 100 valence electrons. The molecule has 0 saturated heterocycles. The van der Waals surface area contributed by atoms with Crippen molar-refractivity contribution in [3.05, 3.63) is 77.4 Å². The predicted octanol–water partition coefficient (Wildman–Crippen LogP) is 3.63. The van der Waals surface area contributed by atoms with E-state index in [1.165, 1.54) is 5.56 Å². The van der Waals surface area contributed by atoms with E-state index >= 15 is 0 Å². The minimum absolute atomic E-state index is 0.120. The molecule has 1 aliphatic heterocycles. The molecule has 1 amide bonds. The standard InChI is InChI=1S/C18H17NO/c1-2-16-17-11-7-6-10-15(17)13-19(18(16)20)12-14-8-4-3-5-9-14/h2-11H,12-13H2,1H3/b16-2-. The third kappa shape index (κ3) is 2.25. The summed E-state index contributed by atoms with van der Waals surface area (Å²) in [6, 6.07) is 18.3. The molecule has 0 spiro atoms. The number of hydrogen-bond acceptors (Lipinski definition) is 1. The van der Waals surface area contributed by atoms with Gasteiger partial charge in [-0.1, -0.05) is 60.7 Å². The molecule has 0 atom stereocenters. The van der Waals surface area contributed by atoms with Gasteiger partial charge in [0.2, 0.25) is 0 Å². The maximum Gasteiger partial charge on any atom is 0.254 e. The number of benzene rings is 2. The Bertz CT molecular complexity index is 658. The van der Waals surface area contributed by atoms with E-state index in [1.54, 1.807) is 0 Å². The molecule has 0 aliphatic carbocycles. The molecule has 2 nitrogen and oxygen atoms in total. The lowest BCUT2D eigenvalue weighted by Crippen LogP contribution is -2.34. The lowest BCUT2D eigenvalue weighted by molar-refractivity contribution is -0.126. The van der Waals surface area contributed by atoms with Gasteiger partial charge in [0.25, 0.3) is 5.91 Å². The zero-order valence-electron chi connectivity index (χ0n) is 11.5. The predicted molar refractivity (Wildman–Crippen MR) is 80.8 cm³/mol. The Morgan fingerprint density at radius 1 is 1.05 bits per heavy atom. The Hall–Kier alpha value is -2.35. The second kappa shape index (κ2) is 5.33. The third-order valence-corrected chi connectivity index (χ3v) is 3.69. The van der Waals surface area contributed by atoms with Crippen LogP contribution in [-0.4, -0.2) is 10.8 Å². The average Bonchev–Trinajstić information content (AvgIpc) is 2.49. The first-order valence-corrected chi connectivity index (χ1v) is 6.87. The van der Waals surface area contributed by atoms with Crippen LogP contribution < -0.4 is 0 Å². The minimum atomic E-state index is 0.120. The summed E-state index contributed by atoms with van der Waals surface area (Å²) in [6.45, 7) is 3.27. The summed E-state index contributed by atoms with van der Waals surface area (Å²) in [6.07, 6.45) is 1.92. The average molecular weight is 263 g/mol. The minimum Gasteiger partial charge on any atom is -0.330 e. The van der Waals surface area contributed by atoms with Gasteiger partial charge in [-0.2, -0.15) is 0 Å². The molecule has 0 N–H and O–H groups in total. The van der Waals surface area contributed by atoms with Crippen LogP contribution in [0.15, 0.2) is 60.7 Å². The summed E-state index contributed by atoms with van der Waals surface area (Å²) < 4.78 is 0. The molecule has 0 aromatic heterocycles. The van der Waals surface area contributed by atoms with Crippen molar-refractivity contribution < 1.29 is 4.79 Å². The molecule has 2 aromatic carbocycles. The molecule has 0 radical (unpaired) electrons. The number of hydrogen-bond donors (Lipinski definition) is 0. The molecule has 0 bridgehead atoms. The van der Waals surface area contributed by atoms with E-state index in [1.807, 2.05) is 54.3 Å². The van der Waals surface area contributed by atoms with Crippen molar-refractivity contribution in [1.82, 2.24) is 4.90 Å². The number of carbonyl (C=O) groups excluding carboxylic acids is 1. The topological polar surface area (TPSA) is 20.3 Å². The summed E-state index contributed by atoms with van der Waals surface area (Å²) in [7, 11) is 0. The number of amides is 1. The van der Waals surface area contributed by atoms with Crippen molar-refractivity contribution >= 4 is 11.5 Å². The second-order valence-corrected chi connectivity index (χ2v) is 5.01. The van der Waals surface area contributed by atoms with Crippen LogP contribution in [0.25, 0.3) is 5.57 Å². The largest absolute Gasteiger partial charge is 0.330 e. The number of carbonyl (C=O) groups is 1. The van der Waals surface area contributed by atoms with Crippen molar-refractivity contribution in [2.75, 3.05) is 0 Å². The van der Waals surface area contributed by atoms with E-state index in [4.69, 9.17) is 0 Å². The highest BCUT2D eigenvalue weighted by Crippen LogP contribution is 2.29. The van der Waals surface area contributed by atoms with E-state index in [0.29, 0.717) is 13.1 Å². The van der Waals surface area contributed by atoms with Crippen molar-refractivity contribution in [1.29, 1.82) is 0 Å². The maximum absolute atomic E-state index is 12.6. The smallest absolute Gasteiger partial charge is 0.254 e. The van der Waals surface area contributed by atoms with Gasteiger partial charge in [-0.25, -0.2) is 0 Å². The van der Waals surface area contributed by atoms with Crippen LogP contribution in [0.4, 0.5) is 0 Å². The van der Waals surface area contributed by atoms with Crippen LogP contribution in [0, 0.1) is 0 Å². The van der Waals surface area contributed by atoms with E-state index in [9.17, 15) is 4.79 Å². The highest BCUT2D eigenvalue weighted by molar-refractivity contribution is 6.20. The van der Waals surface area contributed by atoms with Crippen LogP contribution in [0.2, 0.25) is 0 Å². The lowest BCUT2D eigenvalue weighted by atomic mass is 9.94. The molecular weight excluding hydrogens is 246 g/mol. The SMILES string of the molecule is C/C=C1\C(=O)N(Cc2ccccc2)Cc2ccccc21. The van der Waals surface area contributed by atoms with Gasteiger partial charge >= 0.3 is 0 Å². The molecule has 1 aliphatic rings. The zero-order chi connectivity index (χ0) is 13.9. The molecule has 0 fully saturated rings. The lowest BCUT2D eigenvalue weighted by Gasteiger charge is -2.30. The van der Waals surface area contributed by atoms with Crippen LogP contribution in [0.1, 0.15) is 23.6 Å². The van der Waals surface area contributed by atoms with Crippen molar-refractivity contribution in [2.45, 2.75) is 20.0 Å². The van der Waals surface area contributed by atoms with E-state index in [0.717, 1.165) is 16.7 Å². The van der Waals surface area contributed by atoms with Gasteiger partial charge in [0.05, 0.1) is 0 Å². The fourth-order valence-electron chi connectivity index (χ4n) is 2.69. The van der Waals surface area contributed by atoms with E-state index < -0.39 is 0 Å². The van der Waals surface area contributed by atoms with Crippen molar-refractivity contribution in [3.63, 3.8) is 0 Å². The highest BCUT2D eigenvalue weighted by Gasteiger charge is 2.26. The molecule has 2 heteroatoms. The van der Waals surface area contributed by atoms with Crippen LogP contribution in [0.5, 0.6) is 0 Å². The van der Waals surface area contributed by atoms with Crippen molar-refractivity contribution in [3.8, 4) is 0 Å². The van der Waals surface area contributed by atoms with Gasteiger partial charge in [-0.05, 0) is 23.6 Å². The molecule has 2 aromatic rings. The summed E-state index contributed by atoms with van der Waals surface area (Å²) in [4.78, 5) is 14.5. The molecule has 0 unspecified atom stereocenters. The normalized spacial score (nSPS) is 16.4. The second-order valence-electron chi connectivity index (χ2n) is 5.01. The Morgan fingerprint density at radius 3 is 2.50 bits per heavy atom. The Labute approximate surface area is 119 Å². The third-order valence-electron chi connectivity index (χ3n) is 3.69. The van der Waals surface area contributed by atoms with Gasteiger partial charge in [-0.3, -0.25) is 4.79 Å². The molecule has 1 heterocycles.